The molecule has 2 rings (SSSR count). The van der Waals surface area contributed by atoms with E-state index in [1.54, 1.807) is 45.9 Å². The number of benzene rings is 1. The van der Waals surface area contributed by atoms with E-state index in [9.17, 15) is 13.2 Å². The maximum Gasteiger partial charge on any atom is 0.241 e. The Labute approximate surface area is 163 Å². The van der Waals surface area contributed by atoms with Gasteiger partial charge in [-0.15, -0.1) is 0 Å². The van der Waals surface area contributed by atoms with Gasteiger partial charge >= 0.3 is 0 Å². The Hall–Kier alpha value is -1.44. The molecule has 1 amide bonds. The van der Waals surface area contributed by atoms with Crippen molar-refractivity contribution in [2.24, 2.45) is 11.1 Å². The summed E-state index contributed by atoms with van der Waals surface area (Å²) in [5, 5.41) is 2.91. The van der Waals surface area contributed by atoms with E-state index >= 15 is 0 Å². The summed E-state index contributed by atoms with van der Waals surface area (Å²) in [5.41, 5.74) is 6.33. The zero-order valence-electron chi connectivity index (χ0n) is 16.9. The van der Waals surface area contributed by atoms with Gasteiger partial charge in [-0.2, -0.15) is 0 Å². The summed E-state index contributed by atoms with van der Waals surface area (Å²) < 4.78 is 28.0. The standard InChI is InChI=1S/C20H33N3O3S/c1-15-16(9-8-10-17(15)27(25,26)23-19(2,3)4)22-18(24)13-20(14-21)11-6-5-7-12-20/h8-10,23H,5-7,11-14,21H2,1-4H3,(H,22,24). The van der Waals surface area contributed by atoms with Gasteiger partial charge in [0.15, 0.2) is 0 Å². The molecule has 4 N–H and O–H groups in total. The van der Waals surface area contributed by atoms with E-state index in [0.29, 0.717) is 24.2 Å². The maximum absolute atomic E-state index is 12.7. The van der Waals surface area contributed by atoms with E-state index in [1.807, 2.05) is 0 Å². The lowest BCUT2D eigenvalue weighted by Gasteiger charge is -2.35. The van der Waals surface area contributed by atoms with Crippen LogP contribution in [-0.4, -0.2) is 26.4 Å². The van der Waals surface area contributed by atoms with Crippen LogP contribution in [0.3, 0.4) is 0 Å². The average Bonchev–Trinajstić information content (AvgIpc) is 2.55. The molecule has 0 atom stereocenters. The first kappa shape index (κ1) is 21.9. The second-order valence-corrected chi connectivity index (χ2v) is 10.4. The molecular formula is C20H33N3O3S. The molecule has 1 aliphatic rings. The minimum absolute atomic E-state index is 0.108. The second kappa shape index (κ2) is 8.29. The highest BCUT2D eigenvalue weighted by atomic mass is 32.2. The fourth-order valence-electron chi connectivity index (χ4n) is 3.79. The smallest absolute Gasteiger partial charge is 0.241 e. The summed E-state index contributed by atoms with van der Waals surface area (Å²) in [7, 11) is -3.67. The Kier molecular flexibility index (Phi) is 6.71. The quantitative estimate of drug-likeness (QED) is 0.688. The van der Waals surface area contributed by atoms with Crippen LogP contribution >= 0.6 is 0 Å². The topological polar surface area (TPSA) is 101 Å². The zero-order chi connectivity index (χ0) is 20.3. The summed E-state index contributed by atoms with van der Waals surface area (Å²) in [4.78, 5) is 12.8. The Bertz CT molecular complexity index is 776. The van der Waals surface area contributed by atoms with Crippen molar-refractivity contribution < 1.29 is 13.2 Å². The number of amides is 1. The molecule has 1 saturated carbocycles. The number of sulfonamides is 1. The van der Waals surface area contributed by atoms with E-state index in [0.717, 1.165) is 25.7 Å². The Morgan fingerprint density at radius 1 is 1.19 bits per heavy atom. The zero-order valence-corrected chi connectivity index (χ0v) is 17.7. The van der Waals surface area contributed by atoms with Crippen LogP contribution in [0.4, 0.5) is 5.69 Å². The highest BCUT2D eigenvalue weighted by Gasteiger charge is 2.33. The lowest BCUT2D eigenvalue weighted by molar-refractivity contribution is -0.118. The number of carbonyl (C=O) groups is 1. The number of hydrogen-bond acceptors (Lipinski definition) is 4. The van der Waals surface area contributed by atoms with E-state index in [4.69, 9.17) is 5.73 Å². The van der Waals surface area contributed by atoms with Gasteiger partial charge in [0.25, 0.3) is 0 Å². The third kappa shape index (κ3) is 5.77. The summed E-state index contributed by atoms with van der Waals surface area (Å²) >= 11 is 0. The molecule has 1 aliphatic carbocycles. The molecular weight excluding hydrogens is 362 g/mol. The van der Waals surface area contributed by atoms with E-state index < -0.39 is 15.6 Å². The van der Waals surface area contributed by atoms with E-state index in [-0.39, 0.29) is 16.2 Å². The molecule has 1 fully saturated rings. The van der Waals surface area contributed by atoms with Crippen molar-refractivity contribution in [3.63, 3.8) is 0 Å². The van der Waals surface area contributed by atoms with Crippen molar-refractivity contribution in [1.29, 1.82) is 0 Å². The van der Waals surface area contributed by atoms with Gasteiger partial charge in [0, 0.05) is 17.6 Å². The first-order chi connectivity index (χ1) is 12.5. The summed E-state index contributed by atoms with van der Waals surface area (Å²) in [6, 6.07) is 4.94. The molecule has 0 radical (unpaired) electrons. The van der Waals surface area contributed by atoms with Crippen LogP contribution in [0.1, 0.15) is 64.9 Å². The van der Waals surface area contributed by atoms with Gasteiger partial charge in [0.2, 0.25) is 15.9 Å². The molecule has 1 aromatic carbocycles. The minimum Gasteiger partial charge on any atom is -0.330 e. The Morgan fingerprint density at radius 2 is 1.81 bits per heavy atom. The number of hydrogen-bond donors (Lipinski definition) is 3. The van der Waals surface area contributed by atoms with Crippen molar-refractivity contribution >= 4 is 21.6 Å². The normalized spacial score (nSPS) is 17.5. The average molecular weight is 396 g/mol. The molecule has 0 aromatic heterocycles. The number of rotatable bonds is 6. The van der Waals surface area contributed by atoms with Gasteiger partial charge in [-0.05, 0) is 70.2 Å². The van der Waals surface area contributed by atoms with Crippen LogP contribution in [0.15, 0.2) is 23.1 Å². The molecule has 0 heterocycles. The molecule has 0 spiro atoms. The Balaban J connectivity index is 2.19. The van der Waals surface area contributed by atoms with Gasteiger partial charge < -0.3 is 11.1 Å². The molecule has 0 aliphatic heterocycles. The van der Waals surface area contributed by atoms with Crippen molar-refractivity contribution in [2.45, 2.75) is 76.7 Å². The fraction of sp³-hybridized carbons (Fsp3) is 0.650. The molecule has 27 heavy (non-hydrogen) atoms. The summed E-state index contributed by atoms with van der Waals surface area (Å²) in [5.74, 6) is -0.108. The molecule has 0 saturated heterocycles. The van der Waals surface area contributed by atoms with Gasteiger partial charge in [-0.1, -0.05) is 25.3 Å². The van der Waals surface area contributed by atoms with Crippen LogP contribution in [0.25, 0.3) is 0 Å². The first-order valence-electron chi connectivity index (χ1n) is 9.62. The van der Waals surface area contributed by atoms with Gasteiger partial charge in [0.1, 0.15) is 0 Å². The monoisotopic (exact) mass is 395 g/mol. The van der Waals surface area contributed by atoms with Crippen LogP contribution in [0, 0.1) is 12.3 Å². The highest BCUT2D eigenvalue weighted by molar-refractivity contribution is 7.89. The summed E-state index contributed by atoms with van der Waals surface area (Å²) in [6.45, 7) is 7.60. The van der Waals surface area contributed by atoms with Gasteiger partial charge in [-0.3, -0.25) is 4.79 Å². The second-order valence-electron chi connectivity index (χ2n) is 8.77. The van der Waals surface area contributed by atoms with Crippen LogP contribution in [-0.2, 0) is 14.8 Å². The molecule has 152 valence electrons. The molecule has 0 bridgehead atoms. The first-order valence-corrected chi connectivity index (χ1v) is 11.1. The van der Waals surface area contributed by atoms with E-state index in [1.165, 1.54) is 6.42 Å². The lowest BCUT2D eigenvalue weighted by atomic mass is 9.71. The lowest BCUT2D eigenvalue weighted by Crippen LogP contribution is -2.40. The van der Waals surface area contributed by atoms with Crippen molar-refractivity contribution in [3.05, 3.63) is 23.8 Å². The molecule has 7 heteroatoms. The van der Waals surface area contributed by atoms with Crippen molar-refractivity contribution in [3.8, 4) is 0 Å². The Morgan fingerprint density at radius 3 is 2.37 bits per heavy atom. The van der Waals surface area contributed by atoms with Crippen LogP contribution < -0.4 is 15.8 Å². The van der Waals surface area contributed by atoms with Crippen molar-refractivity contribution in [2.75, 3.05) is 11.9 Å². The number of anilines is 1. The largest absolute Gasteiger partial charge is 0.330 e. The van der Waals surface area contributed by atoms with Gasteiger partial charge in [0.05, 0.1) is 4.90 Å². The SMILES string of the molecule is Cc1c(NC(=O)CC2(CN)CCCCC2)cccc1S(=O)(=O)NC(C)(C)C. The highest BCUT2D eigenvalue weighted by Crippen LogP contribution is 2.38. The van der Waals surface area contributed by atoms with Gasteiger partial charge in [-0.25, -0.2) is 13.1 Å². The maximum atomic E-state index is 12.7. The molecule has 1 aromatic rings. The third-order valence-electron chi connectivity index (χ3n) is 5.17. The predicted molar refractivity (Wildman–Crippen MR) is 109 cm³/mol. The van der Waals surface area contributed by atoms with E-state index in [2.05, 4.69) is 10.0 Å². The van der Waals surface area contributed by atoms with Crippen molar-refractivity contribution in [1.82, 2.24) is 4.72 Å². The number of carbonyl (C=O) groups excluding carboxylic acids is 1. The minimum atomic E-state index is -3.67. The molecule has 0 unspecified atom stereocenters. The van der Waals surface area contributed by atoms with Crippen LogP contribution in [0.2, 0.25) is 0 Å². The fourth-order valence-corrected chi connectivity index (χ4v) is 5.48. The predicted octanol–water partition coefficient (Wildman–Crippen LogP) is 3.31. The third-order valence-corrected chi connectivity index (χ3v) is 7.07. The molecule has 6 nitrogen and oxygen atoms in total. The number of nitrogens with one attached hydrogen (secondary N) is 2. The number of nitrogens with two attached hydrogens (primary N) is 1. The summed E-state index contributed by atoms with van der Waals surface area (Å²) in [6.07, 6.45) is 5.73. The van der Waals surface area contributed by atoms with Crippen LogP contribution in [0.5, 0.6) is 0 Å².